The van der Waals surface area contributed by atoms with Gasteiger partial charge >= 0.3 is 24.1 Å². The van der Waals surface area contributed by atoms with Gasteiger partial charge in [0.2, 0.25) is 0 Å². The first-order valence-corrected chi connectivity index (χ1v) is 9.53. The number of benzene rings is 2. The molecule has 0 radical (unpaired) electrons. The minimum Gasteiger partial charge on any atom is -0.408 e. The highest BCUT2D eigenvalue weighted by Crippen LogP contribution is 2.32. The molecular weight excluding hydrogens is 515 g/mol. The predicted octanol–water partition coefficient (Wildman–Crippen LogP) is 4.98. The summed E-state index contributed by atoms with van der Waals surface area (Å²) in [5.41, 5.74) is -6.98. The van der Waals surface area contributed by atoms with E-state index in [1.165, 1.54) is 0 Å². The van der Waals surface area contributed by atoms with Crippen LogP contribution in [0.25, 0.3) is 5.69 Å². The quantitative estimate of drug-likeness (QED) is 0.489. The topological polar surface area (TPSA) is 82.3 Å². The van der Waals surface area contributed by atoms with Crippen LogP contribution in [0.4, 0.5) is 41.2 Å². The first kappa shape index (κ1) is 25.8. The van der Waals surface area contributed by atoms with Crippen molar-refractivity contribution in [1.82, 2.24) is 9.13 Å². The molecule has 1 heterocycles. The van der Waals surface area contributed by atoms with E-state index in [1.807, 2.05) is 5.32 Å². The van der Waals surface area contributed by atoms with Gasteiger partial charge in [-0.2, -0.15) is 26.3 Å². The molecule has 0 aliphatic carbocycles. The molecular formula is C20H11ClF7N3O4. The highest BCUT2D eigenvalue weighted by molar-refractivity contribution is 6.32. The van der Waals surface area contributed by atoms with Gasteiger partial charge in [0.1, 0.15) is 11.5 Å². The summed E-state index contributed by atoms with van der Waals surface area (Å²) in [5, 5.41) is 1.43. The lowest BCUT2D eigenvalue weighted by molar-refractivity contribution is -0.144. The smallest absolute Gasteiger partial charge is 0.408 e. The van der Waals surface area contributed by atoms with E-state index in [0.717, 1.165) is 18.2 Å². The third kappa shape index (κ3) is 5.48. The van der Waals surface area contributed by atoms with Crippen LogP contribution in [0.5, 0.6) is 5.75 Å². The summed E-state index contributed by atoms with van der Waals surface area (Å²) in [5.74, 6) is -1.97. The van der Waals surface area contributed by atoms with Gasteiger partial charge in [0, 0.05) is 24.9 Å². The fraction of sp³-hybridized carbons (Fsp3) is 0.150. The molecule has 0 unspecified atom stereocenters. The Morgan fingerprint density at radius 3 is 2.26 bits per heavy atom. The number of ether oxygens (including phenoxy) is 1. The molecule has 1 amide bonds. The van der Waals surface area contributed by atoms with E-state index in [1.54, 1.807) is 0 Å². The monoisotopic (exact) mass is 525 g/mol. The van der Waals surface area contributed by atoms with Crippen LogP contribution in [0.15, 0.2) is 52.1 Å². The maximum absolute atomic E-state index is 14.5. The average molecular weight is 526 g/mol. The van der Waals surface area contributed by atoms with E-state index in [0.29, 0.717) is 25.2 Å². The van der Waals surface area contributed by atoms with E-state index in [4.69, 9.17) is 16.3 Å². The number of halogens is 8. The molecule has 0 aliphatic heterocycles. The van der Waals surface area contributed by atoms with E-state index in [9.17, 15) is 45.1 Å². The molecule has 1 N–H and O–H groups in total. The second-order valence-electron chi connectivity index (χ2n) is 6.87. The van der Waals surface area contributed by atoms with E-state index >= 15 is 0 Å². The molecule has 0 atom stereocenters. The van der Waals surface area contributed by atoms with E-state index < -0.39 is 63.2 Å². The lowest BCUT2D eigenvalue weighted by atomic mass is 10.2. The molecule has 0 aliphatic rings. The second kappa shape index (κ2) is 9.09. The lowest BCUT2D eigenvalue weighted by Crippen LogP contribution is -2.41. The molecule has 35 heavy (non-hydrogen) atoms. The van der Waals surface area contributed by atoms with Crippen LogP contribution in [0, 0.1) is 5.82 Å². The Morgan fingerprint density at radius 2 is 1.66 bits per heavy atom. The minimum absolute atomic E-state index is 0.0540. The third-order valence-electron chi connectivity index (χ3n) is 4.49. The summed E-state index contributed by atoms with van der Waals surface area (Å²) >= 11 is 5.80. The number of carbonyl (C=O) groups excluding carboxylic acids is 1. The highest BCUT2D eigenvalue weighted by Gasteiger charge is 2.35. The van der Waals surface area contributed by atoms with Crippen molar-refractivity contribution in [2.75, 3.05) is 5.32 Å². The molecule has 3 rings (SSSR count). The number of alkyl halides is 6. The van der Waals surface area contributed by atoms with E-state index in [-0.39, 0.29) is 20.9 Å². The van der Waals surface area contributed by atoms with Crippen LogP contribution in [-0.4, -0.2) is 15.2 Å². The molecule has 1 aromatic heterocycles. The van der Waals surface area contributed by atoms with Gasteiger partial charge in [-0.05, 0) is 24.3 Å². The first-order chi connectivity index (χ1) is 16.1. The van der Waals surface area contributed by atoms with Crippen LogP contribution in [0.2, 0.25) is 5.02 Å². The highest BCUT2D eigenvalue weighted by atomic mass is 35.5. The van der Waals surface area contributed by atoms with Crippen molar-refractivity contribution in [2.24, 2.45) is 7.05 Å². The SMILES string of the molecule is Cn1c(C(F)(F)F)cc(=O)n(-c2cc(OC(=O)Nc3cccc(C(F)(F)F)c3)c(Cl)cc2F)c1=O. The van der Waals surface area contributed by atoms with Crippen molar-refractivity contribution in [3.05, 3.63) is 85.4 Å². The summed E-state index contributed by atoms with van der Waals surface area (Å²) < 4.78 is 97.0. The van der Waals surface area contributed by atoms with Gasteiger partial charge in [-0.1, -0.05) is 17.7 Å². The number of anilines is 1. The molecule has 2 aromatic carbocycles. The molecule has 0 bridgehead atoms. The van der Waals surface area contributed by atoms with Gasteiger partial charge in [-0.3, -0.25) is 14.7 Å². The van der Waals surface area contributed by atoms with Crippen molar-refractivity contribution in [2.45, 2.75) is 12.4 Å². The molecule has 0 fully saturated rings. The van der Waals surface area contributed by atoms with Crippen LogP contribution in [0.1, 0.15) is 11.3 Å². The van der Waals surface area contributed by atoms with Crippen molar-refractivity contribution in [3.63, 3.8) is 0 Å². The zero-order valence-electron chi connectivity index (χ0n) is 17.1. The molecule has 3 aromatic rings. The van der Waals surface area contributed by atoms with Crippen LogP contribution >= 0.6 is 11.6 Å². The maximum Gasteiger partial charge on any atom is 0.431 e. The Bertz CT molecular complexity index is 1430. The number of hydrogen-bond acceptors (Lipinski definition) is 4. The van der Waals surface area contributed by atoms with Gasteiger partial charge in [-0.25, -0.2) is 18.5 Å². The van der Waals surface area contributed by atoms with Gasteiger partial charge in [0.15, 0.2) is 5.75 Å². The van der Waals surface area contributed by atoms with Crippen LogP contribution in [-0.2, 0) is 19.4 Å². The predicted molar refractivity (Wildman–Crippen MR) is 108 cm³/mol. The minimum atomic E-state index is -5.06. The summed E-state index contributed by atoms with van der Waals surface area (Å²) in [6.07, 6.45) is -11.1. The zero-order chi connectivity index (χ0) is 26.3. The second-order valence-corrected chi connectivity index (χ2v) is 7.28. The number of hydrogen-bond donors (Lipinski definition) is 1. The average Bonchev–Trinajstić information content (AvgIpc) is 2.72. The number of nitrogens with one attached hydrogen (secondary N) is 1. The Kier molecular flexibility index (Phi) is 6.70. The van der Waals surface area contributed by atoms with Gasteiger partial charge in [0.25, 0.3) is 5.56 Å². The fourth-order valence-corrected chi connectivity index (χ4v) is 3.09. The van der Waals surface area contributed by atoms with Crippen molar-refractivity contribution in [1.29, 1.82) is 0 Å². The Morgan fingerprint density at radius 1 is 1.00 bits per heavy atom. The number of amides is 1. The lowest BCUT2D eigenvalue weighted by Gasteiger charge is -2.15. The van der Waals surface area contributed by atoms with Gasteiger partial charge in [-0.15, -0.1) is 0 Å². The molecule has 186 valence electrons. The Balaban J connectivity index is 1.98. The van der Waals surface area contributed by atoms with Crippen molar-refractivity contribution < 1.29 is 40.3 Å². The zero-order valence-corrected chi connectivity index (χ0v) is 17.8. The third-order valence-corrected chi connectivity index (χ3v) is 4.79. The normalized spacial score (nSPS) is 11.9. The summed E-state index contributed by atoms with van der Waals surface area (Å²) in [6.45, 7) is 0. The largest absolute Gasteiger partial charge is 0.431 e. The standard InChI is InChI=1S/C20H11ClF7N3O4/c1-30-15(20(26,27)28)8-16(32)31(18(30)34)13-7-14(11(21)6-12(13)22)35-17(33)29-10-4-2-3-9(5-10)19(23,24)25/h2-8H,1H3,(H,29,33). The first-order valence-electron chi connectivity index (χ1n) is 9.15. The Hall–Kier alpha value is -3.81. The van der Waals surface area contributed by atoms with Crippen molar-refractivity contribution >= 4 is 23.4 Å². The summed E-state index contributed by atoms with van der Waals surface area (Å²) in [7, 11) is 0.703. The number of nitrogens with zero attached hydrogens (tertiary/aromatic N) is 2. The summed E-state index contributed by atoms with van der Waals surface area (Å²) in [6, 6.07) is 4.66. The van der Waals surface area contributed by atoms with E-state index in [2.05, 4.69) is 0 Å². The number of aromatic nitrogens is 2. The van der Waals surface area contributed by atoms with Gasteiger partial charge < -0.3 is 4.74 Å². The molecule has 15 heteroatoms. The van der Waals surface area contributed by atoms with Crippen LogP contribution in [0.3, 0.4) is 0 Å². The number of rotatable bonds is 3. The summed E-state index contributed by atoms with van der Waals surface area (Å²) in [4.78, 5) is 36.8. The Labute approximate surface area is 194 Å². The van der Waals surface area contributed by atoms with Crippen LogP contribution < -0.4 is 21.3 Å². The van der Waals surface area contributed by atoms with Crippen molar-refractivity contribution in [3.8, 4) is 11.4 Å². The molecule has 0 saturated heterocycles. The van der Waals surface area contributed by atoms with Gasteiger partial charge in [0.05, 0.1) is 16.3 Å². The maximum atomic E-state index is 14.5. The number of carbonyl (C=O) groups is 1. The molecule has 0 saturated carbocycles. The fourth-order valence-electron chi connectivity index (χ4n) is 2.90. The molecule has 7 nitrogen and oxygen atoms in total. The molecule has 0 spiro atoms.